The van der Waals surface area contributed by atoms with Crippen LogP contribution < -0.4 is 9.62 Å². The van der Waals surface area contributed by atoms with Gasteiger partial charge < -0.3 is 4.90 Å². The third-order valence-corrected chi connectivity index (χ3v) is 6.14. The van der Waals surface area contributed by atoms with Crippen LogP contribution in [0.4, 0.5) is 5.69 Å². The standard InChI is InChI=1S/C20H26N2O2S/c23-25(24,20-8-4-3-5-9-20)21-15-14-18-10-12-19(13-11-18)22-16-6-1-2-7-17-22/h3-5,8-13,21H,1-2,6-7,14-17H2. The average molecular weight is 359 g/mol. The fourth-order valence-corrected chi connectivity index (χ4v) is 4.27. The third kappa shape index (κ3) is 5.06. The summed E-state index contributed by atoms with van der Waals surface area (Å²) >= 11 is 0. The SMILES string of the molecule is O=S(=O)(NCCc1ccc(N2CCCCCC2)cc1)c1ccccc1. The molecule has 0 unspecified atom stereocenters. The molecule has 0 amide bonds. The van der Waals surface area contributed by atoms with Crippen LogP contribution in [0.1, 0.15) is 31.2 Å². The number of anilines is 1. The van der Waals surface area contributed by atoms with Crippen molar-refractivity contribution in [2.75, 3.05) is 24.5 Å². The molecule has 25 heavy (non-hydrogen) atoms. The fourth-order valence-electron chi connectivity index (χ4n) is 3.22. The molecule has 1 saturated heterocycles. The van der Waals surface area contributed by atoms with E-state index >= 15 is 0 Å². The maximum absolute atomic E-state index is 12.2. The van der Waals surface area contributed by atoms with Crippen molar-refractivity contribution in [1.82, 2.24) is 4.72 Å². The van der Waals surface area contributed by atoms with Crippen LogP contribution in [0.25, 0.3) is 0 Å². The Kier molecular flexibility index (Phi) is 6.10. The zero-order chi connectivity index (χ0) is 17.5. The molecule has 0 aliphatic carbocycles. The topological polar surface area (TPSA) is 49.4 Å². The lowest BCUT2D eigenvalue weighted by atomic mass is 10.1. The smallest absolute Gasteiger partial charge is 0.240 e. The van der Waals surface area contributed by atoms with Crippen LogP contribution in [-0.2, 0) is 16.4 Å². The lowest BCUT2D eigenvalue weighted by molar-refractivity contribution is 0.581. The second-order valence-electron chi connectivity index (χ2n) is 6.53. The first-order valence-electron chi connectivity index (χ1n) is 9.04. The van der Waals surface area contributed by atoms with Crippen molar-refractivity contribution in [2.24, 2.45) is 0 Å². The molecule has 1 heterocycles. The van der Waals surface area contributed by atoms with E-state index in [0.29, 0.717) is 17.9 Å². The van der Waals surface area contributed by atoms with Gasteiger partial charge in [-0.3, -0.25) is 0 Å². The summed E-state index contributed by atoms with van der Waals surface area (Å²) < 4.78 is 27.1. The molecule has 0 saturated carbocycles. The number of hydrogen-bond donors (Lipinski definition) is 1. The molecule has 4 nitrogen and oxygen atoms in total. The average Bonchev–Trinajstić information content (AvgIpc) is 2.92. The van der Waals surface area contributed by atoms with E-state index in [9.17, 15) is 8.42 Å². The summed E-state index contributed by atoms with van der Waals surface area (Å²) in [5, 5.41) is 0. The monoisotopic (exact) mass is 358 g/mol. The molecule has 0 atom stereocenters. The van der Waals surface area contributed by atoms with Crippen LogP contribution >= 0.6 is 0 Å². The molecule has 0 aromatic heterocycles. The van der Waals surface area contributed by atoms with Gasteiger partial charge in [-0.15, -0.1) is 0 Å². The van der Waals surface area contributed by atoms with E-state index in [4.69, 9.17) is 0 Å². The van der Waals surface area contributed by atoms with Crippen molar-refractivity contribution in [3.8, 4) is 0 Å². The zero-order valence-corrected chi connectivity index (χ0v) is 15.3. The molecule has 134 valence electrons. The number of rotatable bonds is 6. The van der Waals surface area contributed by atoms with Gasteiger partial charge in [0.2, 0.25) is 10.0 Å². The van der Waals surface area contributed by atoms with Gasteiger partial charge in [0.25, 0.3) is 0 Å². The van der Waals surface area contributed by atoms with Gasteiger partial charge in [-0.2, -0.15) is 0 Å². The molecule has 0 spiro atoms. The van der Waals surface area contributed by atoms with Crippen LogP contribution in [0.3, 0.4) is 0 Å². The summed E-state index contributed by atoms with van der Waals surface area (Å²) in [6.07, 6.45) is 5.88. The van der Waals surface area contributed by atoms with E-state index in [-0.39, 0.29) is 0 Å². The Balaban J connectivity index is 1.53. The molecule has 1 aliphatic rings. The fraction of sp³-hybridized carbons (Fsp3) is 0.400. The summed E-state index contributed by atoms with van der Waals surface area (Å²) in [5.74, 6) is 0. The molecule has 0 radical (unpaired) electrons. The molecule has 2 aromatic rings. The summed E-state index contributed by atoms with van der Waals surface area (Å²) in [7, 11) is -3.42. The van der Waals surface area contributed by atoms with E-state index in [0.717, 1.165) is 18.7 Å². The van der Waals surface area contributed by atoms with Gasteiger partial charge in [-0.05, 0) is 49.1 Å². The predicted octanol–water partition coefficient (Wildman–Crippen LogP) is 3.59. The summed E-state index contributed by atoms with van der Waals surface area (Å²) in [6.45, 7) is 2.67. The van der Waals surface area contributed by atoms with Gasteiger partial charge >= 0.3 is 0 Å². The second kappa shape index (κ2) is 8.50. The van der Waals surface area contributed by atoms with Crippen molar-refractivity contribution in [3.05, 3.63) is 60.2 Å². The van der Waals surface area contributed by atoms with Crippen LogP contribution in [-0.4, -0.2) is 28.1 Å². The number of benzene rings is 2. The van der Waals surface area contributed by atoms with Crippen LogP contribution in [0.2, 0.25) is 0 Å². The van der Waals surface area contributed by atoms with Crippen molar-refractivity contribution < 1.29 is 8.42 Å². The first-order chi connectivity index (χ1) is 12.1. The quantitative estimate of drug-likeness (QED) is 0.858. The highest BCUT2D eigenvalue weighted by molar-refractivity contribution is 7.89. The largest absolute Gasteiger partial charge is 0.372 e. The highest BCUT2D eigenvalue weighted by Crippen LogP contribution is 2.20. The maximum atomic E-state index is 12.2. The Hall–Kier alpha value is -1.85. The van der Waals surface area contributed by atoms with Crippen molar-refractivity contribution >= 4 is 15.7 Å². The Morgan fingerprint density at radius 2 is 1.48 bits per heavy atom. The minimum absolute atomic E-state index is 0.312. The van der Waals surface area contributed by atoms with E-state index in [1.54, 1.807) is 24.3 Å². The molecule has 3 rings (SSSR count). The van der Waals surface area contributed by atoms with Gasteiger partial charge in [0.1, 0.15) is 0 Å². The molecular weight excluding hydrogens is 332 g/mol. The van der Waals surface area contributed by atoms with Crippen molar-refractivity contribution in [1.29, 1.82) is 0 Å². The Morgan fingerprint density at radius 1 is 0.840 bits per heavy atom. The zero-order valence-electron chi connectivity index (χ0n) is 14.5. The normalized spacial score (nSPS) is 15.8. The minimum Gasteiger partial charge on any atom is -0.372 e. The van der Waals surface area contributed by atoms with Crippen molar-refractivity contribution in [2.45, 2.75) is 37.0 Å². The van der Waals surface area contributed by atoms with Gasteiger partial charge in [-0.1, -0.05) is 43.2 Å². The lowest BCUT2D eigenvalue weighted by Gasteiger charge is -2.22. The second-order valence-corrected chi connectivity index (χ2v) is 8.30. The first kappa shape index (κ1) is 18.0. The first-order valence-corrected chi connectivity index (χ1v) is 10.5. The third-order valence-electron chi connectivity index (χ3n) is 4.67. The van der Waals surface area contributed by atoms with E-state index in [2.05, 4.69) is 33.9 Å². The number of nitrogens with zero attached hydrogens (tertiary/aromatic N) is 1. The van der Waals surface area contributed by atoms with Gasteiger partial charge in [-0.25, -0.2) is 13.1 Å². The molecule has 1 aliphatic heterocycles. The highest BCUT2D eigenvalue weighted by atomic mass is 32.2. The molecule has 1 fully saturated rings. The maximum Gasteiger partial charge on any atom is 0.240 e. The highest BCUT2D eigenvalue weighted by Gasteiger charge is 2.13. The summed E-state index contributed by atoms with van der Waals surface area (Å²) in [6, 6.07) is 17.0. The van der Waals surface area contributed by atoms with Crippen LogP contribution in [0, 0.1) is 0 Å². The van der Waals surface area contributed by atoms with E-state index in [1.165, 1.54) is 31.4 Å². The molecular formula is C20H26N2O2S. The summed E-state index contributed by atoms with van der Waals surface area (Å²) in [4.78, 5) is 2.76. The van der Waals surface area contributed by atoms with Gasteiger partial charge in [0.15, 0.2) is 0 Å². The predicted molar refractivity (Wildman–Crippen MR) is 102 cm³/mol. The Bertz CT molecular complexity index is 750. The van der Waals surface area contributed by atoms with E-state index < -0.39 is 10.0 Å². The van der Waals surface area contributed by atoms with Crippen LogP contribution in [0.5, 0.6) is 0 Å². The van der Waals surface area contributed by atoms with E-state index in [1.807, 2.05) is 6.07 Å². The van der Waals surface area contributed by atoms with Crippen molar-refractivity contribution in [3.63, 3.8) is 0 Å². The summed E-state index contributed by atoms with van der Waals surface area (Å²) in [5.41, 5.74) is 2.42. The molecule has 5 heteroatoms. The number of hydrogen-bond acceptors (Lipinski definition) is 3. The Morgan fingerprint density at radius 3 is 2.12 bits per heavy atom. The van der Waals surface area contributed by atoms with Gasteiger partial charge in [0, 0.05) is 25.3 Å². The van der Waals surface area contributed by atoms with Gasteiger partial charge in [0.05, 0.1) is 4.90 Å². The molecule has 1 N–H and O–H groups in total. The minimum atomic E-state index is -3.42. The number of sulfonamides is 1. The Labute approximate surface area is 150 Å². The number of nitrogens with one attached hydrogen (secondary N) is 1. The van der Waals surface area contributed by atoms with Crippen LogP contribution in [0.15, 0.2) is 59.5 Å². The molecule has 2 aromatic carbocycles. The lowest BCUT2D eigenvalue weighted by Crippen LogP contribution is -2.26. The molecule has 0 bridgehead atoms.